The van der Waals surface area contributed by atoms with Crippen LogP contribution in [-0.2, 0) is 9.84 Å². The number of amides is 1. The van der Waals surface area contributed by atoms with Crippen LogP contribution in [0.1, 0.15) is 15.9 Å². The molecule has 0 radical (unpaired) electrons. The van der Waals surface area contributed by atoms with Crippen molar-refractivity contribution in [2.24, 2.45) is 0 Å². The summed E-state index contributed by atoms with van der Waals surface area (Å²) in [6.45, 7) is 0. The van der Waals surface area contributed by atoms with Gasteiger partial charge in [-0.1, -0.05) is 17.7 Å². The number of nitrogens with zero attached hydrogens (tertiary/aromatic N) is 2. The van der Waals surface area contributed by atoms with Gasteiger partial charge in [-0.15, -0.1) is 0 Å². The number of sulfone groups is 1. The molecule has 0 bridgehead atoms. The van der Waals surface area contributed by atoms with Gasteiger partial charge in [0.25, 0.3) is 5.91 Å². The van der Waals surface area contributed by atoms with Gasteiger partial charge in [-0.25, -0.2) is 8.42 Å². The van der Waals surface area contributed by atoms with E-state index >= 15 is 0 Å². The Morgan fingerprint density at radius 3 is 2.52 bits per heavy atom. The second-order valence-electron chi connectivity index (χ2n) is 4.94. The fourth-order valence-electron chi connectivity index (χ4n) is 2.04. The van der Waals surface area contributed by atoms with E-state index in [9.17, 15) is 13.2 Å². The zero-order valence-corrected chi connectivity index (χ0v) is 14.0. The van der Waals surface area contributed by atoms with E-state index in [0.29, 0.717) is 16.3 Å². The van der Waals surface area contributed by atoms with Crippen molar-refractivity contribution in [2.75, 3.05) is 18.2 Å². The lowest BCUT2D eigenvalue weighted by Crippen LogP contribution is -2.27. The van der Waals surface area contributed by atoms with Crippen LogP contribution >= 0.6 is 11.6 Å². The van der Waals surface area contributed by atoms with Gasteiger partial charge in [0, 0.05) is 23.9 Å². The third-order valence-corrected chi connectivity index (χ3v) is 4.60. The van der Waals surface area contributed by atoms with Crippen molar-refractivity contribution in [1.82, 2.24) is 0 Å². The maximum absolute atomic E-state index is 12.6. The first-order valence-electron chi connectivity index (χ1n) is 6.52. The summed E-state index contributed by atoms with van der Waals surface area (Å²) in [7, 11) is -1.91. The lowest BCUT2D eigenvalue weighted by molar-refractivity contribution is 0.0992. The summed E-state index contributed by atoms with van der Waals surface area (Å²) in [6.07, 6.45) is 1.07. The highest BCUT2D eigenvalue weighted by Gasteiger charge is 2.18. The fraction of sp³-hybridized carbons (Fsp3) is 0.125. The molecule has 7 heteroatoms. The van der Waals surface area contributed by atoms with E-state index in [1.807, 2.05) is 6.07 Å². The van der Waals surface area contributed by atoms with Crippen LogP contribution in [0.4, 0.5) is 5.69 Å². The minimum Gasteiger partial charge on any atom is -0.310 e. The van der Waals surface area contributed by atoms with Gasteiger partial charge < -0.3 is 4.90 Å². The van der Waals surface area contributed by atoms with Gasteiger partial charge >= 0.3 is 0 Å². The van der Waals surface area contributed by atoms with Gasteiger partial charge in [0.05, 0.1) is 16.1 Å². The molecule has 0 saturated carbocycles. The maximum Gasteiger partial charge on any atom is 0.258 e. The number of anilines is 1. The molecular weight excluding hydrogens is 336 g/mol. The molecule has 1 amide bonds. The lowest BCUT2D eigenvalue weighted by atomic mass is 10.1. The molecule has 0 unspecified atom stereocenters. The van der Waals surface area contributed by atoms with Crippen molar-refractivity contribution in [3.8, 4) is 6.07 Å². The Hall–Kier alpha value is -2.36. The van der Waals surface area contributed by atoms with Gasteiger partial charge in [0.15, 0.2) is 9.84 Å². The second kappa shape index (κ2) is 6.41. The zero-order valence-electron chi connectivity index (χ0n) is 12.4. The highest BCUT2D eigenvalue weighted by molar-refractivity contribution is 7.90. The number of benzene rings is 2. The van der Waals surface area contributed by atoms with Crippen molar-refractivity contribution in [1.29, 1.82) is 5.26 Å². The van der Waals surface area contributed by atoms with Crippen LogP contribution in [0.25, 0.3) is 0 Å². The van der Waals surface area contributed by atoms with Gasteiger partial charge in [-0.3, -0.25) is 4.79 Å². The minimum absolute atomic E-state index is 0.0587. The Kier molecular flexibility index (Phi) is 4.73. The molecule has 2 aromatic carbocycles. The van der Waals surface area contributed by atoms with Gasteiger partial charge in [0.2, 0.25) is 0 Å². The first-order valence-corrected chi connectivity index (χ1v) is 8.79. The molecule has 0 aliphatic heterocycles. The number of hydrogen-bond acceptors (Lipinski definition) is 4. The standard InChI is InChI=1S/C16H13ClN2O3S/c1-19(15-9-13(17)7-6-12(15)10-18)16(20)11-4-3-5-14(8-11)23(2,21)22/h3-9H,1-2H3. The summed E-state index contributed by atoms with van der Waals surface area (Å²) >= 11 is 5.93. The Bertz CT molecular complexity index is 917. The molecule has 0 aromatic heterocycles. The molecule has 0 N–H and O–H groups in total. The Morgan fingerprint density at radius 1 is 1.22 bits per heavy atom. The fourth-order valence-corrected chi connectivity index (χ4v) is 2.87. The summed E-state index contributed by atoms with van der Waals surface area (Å²) < 4.78 is 23.2. The number of hydrogen-bond donors (Lipinski definition) is 0. The smallest absolute Gasteiger partial charge is 0.258 e. The maximum atomic E-state index is 12.6. The molecule has 2 rings (SSSR count). The molecule has 0 spiro atoms. The predicted octanol–water partition coefficient (Wildman–Crippen LogP) is 2.89. The van der Waals surface area contributed by atoms with Crippen molar-refractivity contribution in [2.45, 2.75) is 4.90 Å². The van der Waals surface area contributed by atoms with Crippen LogP contribution in [0.5, 0.6) is 0 Å². The molecule has 0 heterocycles. The lowest BCUT2D eigenvalue weighted by Gasteiger charge is -2.19. The molecule has 23 heavy (non-hydrogen) atoms. The number of rotatable bonds is 3. The van der Waals surface area contributed by atoms with Crippen molar-refractivity contribution in [3.63, 3.8) is 0 Å². The topological polar surface area (TPSA) is 78.2 Å². The summed E-state index contributed by atoms with van der Waals surface area (Å²) in [6, 6.07) is 12.3. The third-order valence-electron chi connectivity index (χ3n) is 3.26. The van der Waals surface area contributed by atoms with Crippen molar-refractivity contribution >= 4 is 33.0 Å². The monoisotopic (exact) mass is 348 g/mol. The number of carbonyl (C=O) groups is 1. The molecule has 0 aliphatic rings. The van der Waals surface area contributed by atoms with Crippen molar-refractivity contribution < 1.29 is 13.2 Å². The molecule has 2 aromatic rings. The average molecular weight is 349 g/mol. The van der Waals surface area contributed by atoms with Gasteiger partial charge in [-0.05, 0) is 36.4 Å². The summed E-state index contributed by atoms with van der Waals surface area (Å²) in [5.74, 6) is -0.436. The normalized spacial score (nSPS) is 10.9. The quantitative estimate of drug-likeness (QED) is 0.854. The molecule has 0 saturated heterocycles. The van der Waals surface area contributed by atoms with E-state index in [-0.39, 0.29) is 10.5 Å². The average Bonchev–Trinajstić information content (AvgIpc) is 2.52. The Balaban J connectivity index is 2.46. The second-order valence-corrected chi connectivity index (χ2v) is 7.39. The van der Waals surface area contributed by atoms with Crippen LogP contribution in [0.2, 0.25) is 5.02 Å². The van der Waals surface area contributed by atoms with Gasteiger partial charge in [-0.2, -0.15) is 5.26 Å². The van der Waals surface area contributed by atoms with E-state index < -0.39 is 15.7 Å². The molecule has 0 atom stereocenters. The summed E-state index contributed by atoms with van der Waals surface area (Å²) in [5, 5.41) is 9.54. The molecule has 0 aliphatic carbocycles. The highest BCUT2D eigenvalue weighted by Crippen LogP contribution is 2.25. The number of halogens is 1. The summed E-state index contributed by atoms with van der Waals surface area (Å²) in [5.41, 5.74) is 0.860. The van der Waals surface area contributed by atoms with E-state index in [0.717, 1.165) is 6.26 Å². The minimum atomic E-state index is -3.41. The van der Waals surface area contributed by atoms with Crippen LogP contribution in [0, 0.1) is 11.3 Å². The van der Waals surface area contributed by atoms with E-state index in [1.54, 1.807) is 6.07 Å². The summed E-state index contributed by atoms with van der Waals surface area (Å²) in [4.78, 5) is 13.9. The van der Waals surface area contributed by atoms with Gasteiger partial charge in [0.1, 0.15) is 6.07 Å². The molecule has 0 fully saturated rings. The van der Waals surface area contributed by atoms with Crippen LogP contribution in [-0.4, -0.2) is 27.6 Å². The first kappa shape index (κ1) is 17.0. The predicted molar refractivity (Wildman–Crippen MR) is 88.5 cm³/mol. The van der Waals surface area contributed by atoms with Crippen LogP contribution < -0.4 is 4.90 Å². The largest absolute Gasteiger partial charge is 0.310 e. The highest BCUT2D eigenvalue weighted by atomic mass is 35.5. The SMILES string of the molecule is CN(C(=O)c1cccc(S(C)(=O)=O)c1)c1cc(Cl)ccc1C#N. The zero-order chi connectivity index (χ0) is 17.2. The van der Waals surface area contributed by atoms with E-state index in [4.69, 9.17) is 16.9 Å². The Labute approximate surface area is 139 Å². The van der Waals surface area contributed by atoms with Crippen LogP contribution in [0.3, 0.4) is 0 Å². The number of nitriles is 1. The van der Waals surface area contributed by atoms with Crippen molar-refractivity contribution in [3.05, 3.63) is 58.6 Å². The molecular formula is C16H13ClN2O3S. The first-order chi connectivity index (χ1) is 10.7. The van der Waals surface area contributed by atoms with E-state index in [1.165, 1.54) is 48.3 Å². The van der Waals surface area contributed by atoms with E-state index in [2.05, 4.69) is 0 Å². The molecule has 5 nitrogen and oxygen atoms in total. The van der Waals surface area contributed by atoms with Crippen LogP contribution in [0.15, 0.2) is 47.4 Å². The third kappa shape index (κ3) is 3.70. The Morgan fingerprint density at radius 2 is 1.91 bits per heavy atom. The molecule has 118 valence electrons. The number of carbonyl (C=O) groups excluding carboxylic acids is 1.